The molecule has 1 aromatic heterocycles. The first kappa shape index (κ1) is 18.3. The lowest BCUT2D eigenvalue weighted by Crippen LogP contribution is -2.22. The molecule has 1 heterocycles. The van der Waals surface area contributed by atoms with Crippen molar-refractivity contribution in [3.05, 3.63) is 94.3 Å². The standard InChI is InChI=1S/C23H20N2O2S/c1-16-9-3-4-10-17(16)15-28-23-24-19-12-6-5-11-18(19)22(26)25(23)20-13-7-8-14-21(20)27-2/h3-14H,15H2,1-2H3. The Kier molecular flexibility index (Phi) is 5.17. The SMILES string of the molecule is COc1ccccc1-n1c(SCc2ccccc2C)nc2ccccc2c1=O. The van der Waals surface area contributed by atoms with Gasteiger partial charge in [-0.25, -0.2) is 4.98 Å². The van der Waals surface area contributed by atoms with Gasteiger partial charge in [0.2, 0.25) is 0 Å². The summed E-state index contributed by atoms with van der Waals surface area (Å²) in [7, 11) is 1.61. The van der Waals surface area contributed by atoms with Gasteiger partial charge in [0.1, 0.15) is 5.75 Å². The number of methoxy groups -OCH3 is 1. The summed E-state index contributed by atoms with van der Waals surface area (Å²) < 4.78 is 7.16. The Labute approximate surface area is 167 Å². The van der Waals surface area contributed by atoms with Crippen molar-refractivity contribution in [1.29, 1.82) is 0 Å². The van der Waals surface area contributed by atoms with E-state index in [9.17, 15) is 4.79 Å². The molecule has 28 heavy (non-hydrogen) atoms. The van der Waals surface area contributed by atoms with E-state index < -0.39 is 0 Å². The largest absolute Gasteiger partial charge is 0.495 e. The van der Waals surface area contributed by atoms with E-state index in [1.54, 1.807) is 23.4 Å². The van der Waals surface area contributed by atoms with Crippen LogP contribution in [0.3, 0.4) is 0 Å². The monoisotopic (exact) mass is 388 g/mol. The summed E-state index contributed by atoms with van der Waals surface area (Å²) in [5.41, 5.74) is 3.75. The molecule has 0 bridgehead atoms. The fourth-order valence-electron chi connectivity index (χ4n) is 3.15. The molecule has 4 nitrogen and oxygen atoms in total. The first-order chi connectivity index (χ1) is 13.7. The predicted molar refractivity (Wildman–Crippen MR) is 115 cm³/mol. The summed E-state index contributed by atoms with van der Waals surface area (Å²) in [4.78, 5) is 18.2. The summed E-state index contributed by atoms with van der Waals surface area (Å²) in [6.07, 6.45) is 0. The average molecular weight is 388 g/mol. The molecule has 0 aliphatic heterocycles. The topological polar surface area (TPSA) is 44.1 Å². The molecule has 0 atom stereocenters. The lowest BCUT2D eigenvalue weighted by Gasteiger charge is -2.16. The summed E-state index contributed by atoms with van der Waals surface area (Å²) in [5.74, 6) is 1.37. The van der Waals surface area contributed by atoms with Gasteiger partial charge in [0.25, 0.3) is 5.56 Å². The van der Waals surface area contributed by atoms with E-state index in [1.807, 2.05) is 60.7 Å². The van der Waals surface area contributed by atoms with Crippen molar-refractivity contribution < 1.29 is 4.74 Å². The Morgan fingerprint density at radius 1 is 0.964 bits per heavy atom. The van der Waals surface area contributed by atoms with Gasteiger partial charge in [-0.15, -0.1) is 0 Å². The second kappa shape index (κ2) is 7.90. The van der Waals surface area contributed by atoms with E-state index in [4.69, 9.17) is 9.72 Å². The smallest absolute Gasteiger partial charge is 0.266 e. The van der Waals surface area contributed by atoms with Crippen molar-refractivity contribution in [1.82, 2.24) is 9.55 Å². The van der Waals surface area contributed by atoms with E-state index in [2.05, 4.69) is 19.1 Å². The van der Waals surface area contributed by atoms with Gasteiger partial charge in [-0.1, -0.05) is 60.3 Å². The third-order valence-corrected chi connectivity index (χ3v) is 5.68. The summed E-state index contributed by atoms with van der Waals surface area (Å²) in [6, 6.07) is 23.2. The number of rotatable bonds is 5. The van der Waals surface area contributed by atoms with Gasteiger partial charge >= 0.3 is 0 Å². The molecule has 140 valence electrons. The number of hydrogen-bond acceptors (Lipinski definition) is 4. The lowest BCUT2D eigenvalue weighted by molar-refractivity contribution is 0.411. The molecule has 5 heteroatoms. The summed E-state index contributed by atoms with van der Waals surface area (Å²) >= 11 is 1.55. The van der Waals surface area contributed by atoms with Crippen molar-refractivity contribution in [2.24, 2.45) is 0 Å². The highest BCUT2D eigenvalue weighted by molar-refractivity contribution is 7.98. The fourth-order valence-corrected chi connectivity index (χ4v) is 4.23. The van der Waals surface area contributed by atoms with Crippen LogP contribution in [0.2, 0.25) is 0 Å². The van der Waals surface area contributed by atoms with Crippen molar-refractivity contribution in [3.8, 4) is 11.4 Å². The molecule has 4 rings (SSSR count). The molecule has 0 spiro atoms. The van der Waals surface area contributed by atoms with Gasteiger partial charge < -0.3 is 4.74 Å². The number of aryl methyl sites for hydroxylation is 1. The van der Waals surface area contributed by atoms with Crippen molar-refractivity contribution in [3.63, 3.8) is 0 Å². The van der Waals surface area contributed by atoms with E-state index >= 15 is 0 Å². The zero-order chi connectivity index (χ0) is 19.5. The lowest BCUT2D eigenvalue weighted by atomic mass is 10.1. The highest BCUT2D eigenvalue weighted by Crippen LogP contribution is 2.29. The Balaban J connectivity index is 1.89. The average Bonchev–Trinajstić information content (AvgIpc) is 2.73. The van der Waals surface area contributed by atoms with Crippen LogP contribution in [0.4, 0.5) is 0 Å². The van der Waals surface area contributed by atoms with Crippen LogP contribution < -0.4 is 10.3 Å². The third-order valence-electron chi connectivity index (χ3n) is 4.69. The quantitative estimate of drug-likeness (QED) is 0.357. The van der Waals surface area contributed by atoms with Crippen molar-refractivity contribution >= 4 is 22.7 Å². The predicted octanol–water partition coefficient (Wildman–Crippen LogP) is 5.00. The van der Waals surface area contributed by atoms with E-state index in [-0.39, 0.29) is 5.56 Å². The second-order valence-corrected chi connectivity index (χ2v) is 7.38. The molecule has 4 aromatic rings. The van der Waals surface area contributed by atoms with Crippen LogP contribution in [0.15, 0.2) is 82.7 Å². The number of para-hydroxylation sites is 3. The number of ether oxygens (including phenoxy) is 1. The molecule has 3 aromatic carbocycles. The van der Waals surface area contributed by atoms with Gasteiger partial charge in [0, 0.05) is 5.75 Å². The minimum atomic E-state index is -0.0950. The van der Waals surface area contributed by atoms with Gasteiger partial charge in [-0.2, -0.15) is 0 Å². The van der Waals surface area contributed by atoms with Crippen LogP contribution in [0.5, 0.6) is 5.75 Å². The van der Waals surface area contributed by atoms with Crippen LogP contribution in [0.25, 0.3) is 16.6 Å². The van der Waals surface area contributed by atoms with Crippen molar-refractivity contribution in [2.75, 3.05) is 7.11 Å². The molecule has 0 amide bonds. The number of hydrogen-bond donors (Lipinski definition) is 0. The number of benzene rings is 3. The highest BCUT2D eigenvalue weighted by atomic mass is 32.2. The third kappa shape index (κ3) is 3.41. The van der Waals surface area contributed by atoms with Crippen molar-refractivity contribution in [2.45, 2.75) is 17.8 Å². The van der Waals surface area contributed by atoms with Crippen LogP contribution >= 0.6 is 11.8 Å². The summed E-state index contributed by atoms with van der Waals surface area (Å²) in [6.45, 7) is 2.09. The molecule has 0 N–H and O–H groups in total. The van der Waals surface area contributed by atoms with Crippen LogP contribution in [-0.2, 0) is 5.75 Å². The Morgan fingerprint density at radius 2 is 1.68 bits per heavy atom. The number of fused-ring (bicyclic) bond motifs is 1. The maximum atomic E-state index is 13.4. The van der Waals surface area contributed by atoms with Gasteiger partial charge in [-0.05, 0) is 42.3 Å². The van der Waals surface area contributed by atoms with Gasteiger partial charge in [0.15, 0.2) is 5.16 Å². The normalized spacial score (nSPS) is 10.9. The molecule has 0 aliphatic carbocycles. The van der Waals surface area contributed by atoms with Crippen LogP contribution in [0, 0.1) is 6.92 Å². The first-order valence-corrected chi connectivity index (χ1v) is 10.00. The Morgan fingerprint density at radius 3 is 2.50 bits per heavy atom. The minimum Gasteiger partial charge on any atom is -0.495 e. The molecule has 0 saturated heterocycles. The van der Waals surface area contributed by atoms with Gasteiger partial charge in [-0.3, -0.25) is 9.36 Å². The zero-order valence-electron chi connectivity index (χ0n) is 15.8. The first-order valence-electron chi connectivity index (χ1n) is 9.01. The number of nitrogens with zero attached hydrogens (tertiary/aromatic N) is 2. The number of thioether (sulfide) groups is 1. The maximum Gasteiger partial charge on any atom is 0.266 e. The van der Waals surface area contributed by atoms with E-state index in [1.165, 1.54) is 11.1 Å². The second-order valence-electron chi connectivity index (χ2n) is 6.44. The molecular formula is C23H20N2O2S. The summed E-state index contributed by atoms with van der Waals surface area (Å²) in [5, 5.41) is 1.24. The molecule has 0 unspecified atom stereocenters. The zero-order valence-corrected chi connectivity index (χ0v) is 16.6. The van der Waals surface area contributed by atoms with E-state index in [0.717, 1.165) is 5.75 Å². The maximum absolute atomic E-state index is 13.4. The fraction of sp³-hybridized carbons (Fsp3) is 0.130. The minimum absolute atomic E-state index is 0.0950. The molecule has 0 aliphatic rings. The van der Waals surface area contributed by atoms with E-state index in [0.29, 0.717) is 27.5 Å². The van der Waals surface area contributed by atoms with Crippen LogP contribution in [0.1, 0.15) is 11.1 Å². The Bertz CT molecular complexity index is 1200. The van der Waals surface area contributed by atoms with Gasteiger partial charge in [0.05, 0.1) is 23.7 Å². The molecule has 0 fully saturated rings. The Hall–Kier alpha value is -3.05. The van der Waals surface area contributed by atoms with Crippen LogP contribution in [-0.4, -0.2) is 16.7 Å². The molecule has 0 radical (unpaired) electrons. The molecular weight excluding hydrogens is 368 g/mol. The molecule has 0 saturated carbocycles. The number of aromatic nitrogens is 2. The highest BCUT2D eigenvalue weighted by Gasteiger charge is 2.16.